The maximum atomic E-state index is 5.89. The molecule has 1 aromatic heterocycles. The molecular weight excluding hydrogens is 245 g/mol. The van der Waals surface area contributed by atoms with E-state index in [0.717, 1.165) is 11.4 Å². The minimum Gasteiger partial charge on any atom is -0.396 e. The summed E-state index contributed by atoms with van der Waals surface area (Å²) in [5, 5.41) is 4.26. The summed E-state index contributed by atoms with van der Waals surface area (Å²) in [5.41, 5.74) is 7.88. The molecule has 0 aliphatic heterocycles. The predicted molar refractivity (Wildman–Crippen MR) is 68.4 cm³/mol. The highest BCUT2D eigenvalue weighted by Gasteiger charge is 2.01. The fourth-order valence-electron chi connectivity index (χ4n) is 1.30. The molecule has 3 N–H and O–H groups in total. The number of nitrogens with zero attached hydrogens (tertiary/aromatic N) is 1. The molecule has 0 saturated carbocycles. The lowest BCUT2D eigenvalue weighted by Gasteiger charge is -2.09. The summed E-state index contributed by atoms with van der Waals surface area (Å²) in [6.07, 6.45) is 3.24. The van der Waals surface area contributed by atoms with Crippen molar-refractivity contribution in [3.05, 3.63) is 46.7 Å². The van der Waals surface area contributed by atoms with Gasteiger partial charge < -0.3 is 11.1 Å². The molecule has 0 bridgehead atoms. The summed E-state index contributed by atoms with van der Waals surface area (Å²) in [6, 6.07) is 6.99. The van der Waals surface area contributed by atoms with E-state index in [2.05, 4.69) is 10.3 Å². The maximum Gasteiger partial charge on any atom is 0.0739 e. The molecule has 0 aliphatic carbocycles. The van der Waals surface area contributed by atoms with Gasteiger partial charge in [-0.05, 0) is 24.3 Å². The lowest BCUT2D eigenvalue weighted by atomic mass is 10.3. The van der Waals surface area contributed by atoms with Crippen LogP contribution in [-0.2, 0) is 0 Å². The average molecular weight is 254 g/mol. The first-order valence-corrected chi connectivity index (χ1v) is 5.33. The van der Waals surface area contributed by atoms with Crippen LogP contribution in [0.3, 0.4) is 0 Å². The molecule has 2 aromatic rings. The number of aromatic nitrogens is 1. The lowest BCUT2D eigenvalue weighted by molar-refractivity contribution is 1.33. The summed E-state index contributed by atoms with van der Waals surface area (Å²) in [6.45, 7) is 0. The Morgan fingerprint density at radius 3 is 2.44 bits per heavy atom. The first-order chi connectivity index (χ1) is 7.65. The standard InChI is InChI=1S/C11H9Cl2N3/c12-7-3-8(13)5-9(4-7)16-11-1-2-15-6-10(11)14/h1-6H,14H2,(H,15,16). The molecule has 0 fully saturated rings. The van der Waals surface area contributed by atoms with E-state index in [0.29, 0.717) is 15.7 Å². The van der Waals surface area contributed by atoms with Crippen LogP contribution in [0.15, 0.2) is 36.7 Å². The monoisotopic (exact) mass is 253 g/mol. The molecule has 5 heteroatoms. The molecule has 2 rings (SSSR count). The zero-order valence-corrected chi connectivity index (χ0v) is 9.76. The second kappa shape index (κ2) is 4.60. The van der Waals surface area contributed by atoms with Crippen molar-refractivity contribution in [2.75, 3.05) is 11.1 Å². The number of benzene rings is 1. The predicted octanol–water partition coefficient (Wildman–Crippen LogP) is 3.71. The molecule has 3 nitrogen and oxygen atoms in total. The first-order valence-electron chi connectivity index (χ1n) is 4.58. The van der Waals surface area contributed by atoms with Crippen LogP contribution in [0.2, 0.25) is 10.0 Å². The summed E-state index contributed by atoms with van der Waals surface area (Å²) >= 11 is 11.8. The van der Waals surface area contributed by atoms with Gasteiger partial charge in [0.05, 0.1) is 17.6 Å². The van der Waals surface area contributed by atoms with E-state index in [4.69, 9.17) is 28.9 Å². The first kappa shape index (κ1) is 11.0. The highest BCUT2D eigenvalue weighted by atomic mass is 35.5. The lowest BCUT2D eigenvalue weighted by Crippen LogP contribution is -1.96. The topological polar surface area (TPSA) is 50.9 Å². The summed E-state index contributed by atoms with van der Waals surface area (Å²) < 4.78 is 0. The second-order valence-corrected chi connectivity index (χ2v) is 4.12. The fourth-order valence-corrected chi connectivity index (χ4v) is 1.83. The molecule has 82 valence electrons. The summed E-state index contributed by atoms with van der Waals surface area (Å²) in [5.74, 6) is 0. The number of hydrogen-bond acceptors (Lipinski definition) is 3. The van der Waals surface area contributed by atoms with Crippen LogP contribution in [0.4, 0.5) is 17.1 Å². The molecule has 1 heterocycles. The second-order valence-electron chi connectivity index (χ2n) is 3.25. The summed E-state index contributed by atoms with van der Waals surface area (Å²) in [4.78, 5) is 3.90. The molecule has 0 aliphatic rings. The quantitative estimate of drug-likeness (QED) is 0.858. The van der Waals surface area contributed by atoms with E-state index >= 15 is 0 Å². The van der Waals surface area contributed by atoms with Gasteiger partial charge in [-0.15, -0.1) is 0 Å². The number of nitrogens with one attached hydrogen (secondary N) is 1. The number of anilines is 3. The van der Waals surface area contributed by atoms with Crippen molar-refractivity contribution in [2.45, 2.75) is 0 Å². The molecule has 0 radical (unpaired) electrons. The molecular formula is C11H9Cl2N3. The van der Waals surface area contributed by atoms with Crippen LogP contribution < -0.4 is 11.1 Å². The van der Waals surface area contributed by atoms with Crippen molar-refractivity contribution in [1.82, 2.24) is 4.98 Å². The number of nitrogens with two attached hydrogens (primary N) is 1. The van der Waals surface area contributed by atoms with Crippen molar-refractivity contribution >= 4 is 40.3 Å². The molecule has 0 spiro atoms. The molecule has 0 unspecified atom stereocenters. The SMILES string of the molecule is Nc1cnccc1Nc1cc(Cl)cc(Cl)c1. The van der Waals surface area contributed by atoms with E-state index < -0.39 is 0 Å². The Kier molecular flexibility index (Phi) is 3.17. The third-order valence-electron chi connectivity index (χ3n) is 1.99. The average Bonchev–Trinajstić information content (AvgIpc) is 2.20. The fraction of sp³-hybridized carbons (Fsp3) is 0. The van der Waals surface area contributed by atoms with E-state index in [1.807, 2.05) is 0 Å². The Morgan fingerprint density at radius 2 is 1.81 bits per heavy atom. The van der Waals surface area contributed by atoms with Crippen LogP contribution >= 0.6 is 23.2 Å². The van der Waals surface area contributed by atoms with Crippen molar-refractivity contribution < 1.29 is 0 Å². The van der Waals surface area contributed by atoms with Crippen molar-refractivity contribution in [1.29, 1.82) is 0 Å². The Bertz CT molecular complexity index is 494. The highest BCUT2D eigenvalue weighted by Crippen LogP contribution is 2.27. The van der Waals surface area contributed by atoms with Crippen LogP contribution in [0.1, 0.15) is 0 Å². The van der Waals surface area contributed by atoms with Crippen molar-refractivity contribution in [2.24, 2.45) is 0 Å². The molecule has 0 atom stereocenters. The highest BCUT2D eigenvalue weighted by molar-refractivity contribution is 6.35. The minimum absolute atomic E-state index is 0.568. The van der Waals surface area contributed by atoms with Gasteiger partial charge in [-0.2, -0.15) is 0 Å². The number of halogens is 2. The number of rotatable bonds is 2. The normalized spacial score (nSPS) is 10.1. The van der Waals surface area contributed by atoms with E-state index in [-0.39, 0.29) is 0 Å². The molecule has 0 saturated heterocycles. The van der Waals surface area contributed by atoms with Gasteiger partial charge in [0.1, 0.15) is 0 Å². The maximum absolute atomic E-state index is 5.89. The smallest absolute Gasteiger partial charge is 0.0739 e. The van der Waals surface area contributed by atoms with Gasteiger partial charge in [0.15, 0.2) is 0 Å². The van der Waals surface area contributed by atoms with Gasteiger partial charge in [-0.3, -0.25) is 4.98 Å². The molecule has 1 aromatic carbocycles. The van der Waals surface area contributed by atoms with E-state index in [9.17, 15) is 0 Å². The Balaban J connectivity index is 2.30. The van der Waals surface area contributed by atoms with Crippen LogP contribution in [0, 0.1) is 0 Å². The zero-order valence-electron chi connectivity index (χ0n) is 8.24. The van der Waals surface area contributed by atoms with Crippen LogP contribution in [-0.4, -0.2) is 4.98 Å². The van der Waals surface area contributed by atoms with Gasteiger partial charge in [-0.1, -0.05) is 23.2 Å². The van der Waals surface area contributed by atoms with Crippen molar-refractivity contribution in [3.63, 3.8) is 0 Å². The third kappa shape index (κ3) is 2.56. The number of pyridine rings is 1. The Hall–Kier alpha value is -1.45. The third-order valence-corrected chi connectivity index (χ3v) is 2.43. The largest absolute Gasteiger partial charge is 0.396 e. The number of hydrogen-bond donors (Lipinski definition) is 2. The molecule has 0 amide bonds. The minimum atomic E-state index is 0.568. The van der Waals surface area contributed by atoms with Crippen LogP contribution in [0.5, 0.6) is 0 Å². The van der Waals surface area contributed by atoms with Gasteiger partial charge >= 0.3 is 0 Å². The van der Waals surface area contributed by atoms with E-state index in [1.165, 1.54) is 0 Å². The van der Waals surface area contributed by atoms with Crippen LogP contribution in [0.25, 0.3) is 0 Å². The van der Waals surface area contributed by atoms with Gasteiger partial charge in [0.2, 0.25) is 0 Å². The van der Waals surface area contributed by atoms with Gasteiger partial charge in [-0.25, -0.2) is 0 Å². The number of nitrogen functional groups attached to an aromatic ring is 1. The van der Waals surface area contributed by atoms with E-state index in [1.54, 1.807) is 36.7 Å². The van der Waals surface area contributed by atoms with Gasteiger partial charge in [0.25, 0.3) is 0 Å². The molecule has 16 heavy (non-hydrogen) atoms. The Morgan fingerprint density at radius 1 is 1.12 bits per heavy atom. The summed E-state index contributed by atoms with van der Waals surface area (Å²) in [7, 11) is 0. The Labute approximate surface area is 103 Å². The zero-order chi connectivity index (χ0) is 11.5. The van der Waals surface area contributed by atoms with Crippen molar-refractivity contribution in [3.8, 4) is 0 Å². The van der Waals surface area contributed by atoms with Gasteiger partial charge in [0, 0.05) is 21.9 Å².